The second-order valence-corrected chi connectivity index (χ2v) is 21.2. The monoisotopic (exact) mass is 984 g/mol. The number of anilines is 3. The summed E-state index contributed by atoms with van der Waals surface area (Å²) >= 11 is 1.44. The number of hydrogen-bond donors (Lipinski definition) is 3. The number of rotatable bonds is 13. The zero-order valence-corrected chi connectivity index (χ0v) is 41.7. The van der Waals surface area contributed by atoms with E-state index in [0.29, 0.717) is 60.3 Å². The van der Waals surface area contributed by atoms with Gasteiger partial charge in [-0.2, -0.15) is 5.10 Å². The van der Waals surface area contributed by atoms with Gasteiger partial charge in [-0.1, -0.05) is 67.0 Å². The molecule has 1 aliphatic carbocycles. The summed E-state index contributed by atoms with van der Waals surface area (Å²) in [7, 11) is 1.93. The van der Waals surface area contributed by atoms with Crippen LogP contribution in [0.1, 0.15) is 120 Å². The van der Waals surface area contributed by atoms with E-state index in [1.165, 1.54) is 49.1 Å². The molecule has 1 unspecified atom stereocenters. The number of amides is 3. The summed E-state index contributed by atoms with van der Waals surface area (Å²) in [4.78, 5) is 64.8. The van der Waals surface area contributed by atoms with Gasteiger partial charge in [-0.3, -0.25) is 29.7 Å². The van der Waals surface area contributed by atoms with Crippen molar-refractivity contribution in [2.45, 2.75) is 103 Å². The highest BCUT2D eigenvalue weighted by atomic mass is 32.1. The quantitative estimate of drug-likeness (QED) is 0.0939. The summed E-state index contributed by atoms with van der Waals surface area (Å²) in [5, 5.41) is 22.3. The first kappa shape index (κ1) is 47.2. The third-order valence-electron chi connectivity index (χ3n) is 15.7. The van der Waals surface area contributed by atoms with Crippen LogP contribution in [0.25, 0.3) is 32.2 Å². The van der Waals surface area contributed by atoms with Gasteiger partial charge in [0, 0.05) is 61.8 Å². The number of pyridine rings is 1. The van der Waals surface area contributed by atoms with Crippen LogP contribution in [0.2, 0.25) is 0 Å². The number of aromatic carboxylic acids is 1. The molecule has 0 spiro atoms. The lowest BCUT2D eigenvalue weighted by atomic mass is 9.82. The van der Waals surface area contributed by atoms with Gasteiger partial charge in [0.1, 0.15) is 11.6 Å². The van der Waals surface area contributed by atoms with Crippen molar-refractivity contribution in [3.8, 4) is 16.9 Å². The minimum Gasteiger partial charge on any atom is -0.490 e. The van der Waals surface area contributed by atoms with Crippen molar-refractivity contribution in [1.82, 2.24) is 25.1 Å². The molecule has 15 heteroatoms. The molecule has 3 aromatic heterocycles. The van der Waals surface area contributed by atoms with E-state index < -0.39 is 11.9 Å². The molecular formula is C57H60N8O6S. The number of ether oxygens (including phenoxy) is 1. The van der Waals surface area contributed by atoms with Crippen molar-refractivity contribution in [1.29, 1.82) is 0 Å². The van der Waals surface area contributed by atoms with Crippen LogP contribution >= 0.6 is 11.3 Å². The third kappa shape index (κ3) is 9.66. The molecular weight excluding hydrogens is 925 g/mol. The smallest absolute Gasteiger partial charge is 0.355 e. The maximum absolute atomic E-state index is 13.7. The normalized spacial score (nSPS) is 19.6. The number of nitrogens with zero attached hydrogens (tertiary/aromatic N) is 6. The van der Waals surface area contributed by atoms with E-state index in [1.807, 2.05) is 85.4 Å². The number of piperidine rings is 2. The lowest BCUT2D eigenvalue weighted by Gasteiger charge is -2.34. The zero-order valence-electron chi connectivity index (χ0n) is 40.9. The molecule has 3 N–H and O–H groups in total. The van der Waals surface area contributed by atoms with Gasteiger partial charge in [0.15, 0.2) is 10.8 Å². The number of hydrogen-bond acceptors (Lipinski definition) is 11. The highest BCUT2D eigenvalue weighted by molar-refractivity contribution is 7.22. The van der Waals surface area contributed by atoms with Gasteiger partial charge in [-0.05, 0) is 147 Å². The number of carboxylic acids is 1. The predicted octanol–water partition coefficient (Wildman–Crippen LogP) is 10.6. The molecule has 11 rings (SSSR count). The van der Waals surface area contributed by atoms with Crippen LogP contribution in [-0.4, -0.2) is 74.3 Å². The number of thiazole rings is 1. The van der Waals surface area contributed by atoms with Gasteiger partial charge < -0.3 is 19.6 Å². The van der Waals surface area contributed by atoms with Crippen molar-refractivity contribution in [3.05, 3.63) is 125 Å². The van der Waals surface area contributed by atoms with Crippen molar-refractivity contribution in [2.75, 3.05) is 34.8 Å². The Morgan fingerprint density at radius 1 is 0.819 bits per heavy atom. The van der Waals surface area contributed by atoms with E-state index >= 15 is 0 Å². The molecule has 1 saturated carbocycles. The Kier molecular flexibility index (Phi) is 13.2. The van der Waals surface area contributed by atoms with Crippen molar-refractivity contribution in [2.24, 2.45) is 18.9 Å². The molecule has 2 saturated heterocycles. The average Bonchev–Trinajstić information content (AvgIpc) is 3.96. The highest BCUT2D eigenvalue weighted by Crippen LogP contribution is 2.39. The van der Waals surface area contributed by atoms with Gasteiger partial charge in [0.2, 0.25) is 11.8 Å². The average molecular weight is 985 g/mol. The van der Waals surface area contributed by atoms with Gasteiger partial charge in [0.05, 0.1) is 33.4 Å². The predicted molar refractivity (Wildman–Crippen MR) is 281 cm³/mol. The lowest BCUT2D eigenvalue weighted by Crippen LogP contribution is -2.39. The number of aryl methyl sites for hydroxylation is 1. The van der Waals surface area contributed by atoms with Gasteiger partial charge >= 0.3 is 5.97 Å². The fourth-order valence-electron chi connectivity index (χ4n) is 11.7. The van der Waals surface area contributed by atoms with E-state index in [1.54, 1.807) is 0 Å². The van der Waals surface area contributed by atoms with Gasteiger partial charge in [-0.15, -0.1) is 0 Å². The number of imide groups is 1. The lowest BCUT2D eigenvalue weighted by molar-refractivity contribution is -0.134. The van der Waals surface area contributed by atoms with E-state index in [4.69, 9.17) is 14.8 Å². The number of carboxylic acid groups (broad SMARTS) is 1. The Morgan fingerprint density at radius 2 is 1.61 bits per heavy atom. The molecule has 6 heterocycles. The maximum Gasteiger partial charge on any atom is 0.355 e. The number of benzene rings is 4. The molecule has 14 nitrogen and oxygen atoms in total. The number of carbonyl (C=O) groups excluding carboxylic acids is 3. The number of fused-ring (bicyclic) bond motifs is 3. The van der Waals surface area contributed by atoms with E-state index in [2.05, 4.69) is 49.7 Å². The largest absolute Gasteiger partial charge is 0.490 e. The van der Waals surface area contributed by atoms with Gasteiger partial charge in [0.25, 0.3) is 5.91 Å². The van der Waals surface area contributed by atoms with Crippen molar-refractivity contribution in [3.63, 3.8) is 0 Å². The summed E-state index contributed by atoms with van der Waals surface area (Å²) in [6, 6.07) is 29.7. The number of nitrogens with one attached hydrogen (secondary N) is 2. The van der Waals surface area contributed by atoms with Crippen molar-refractivity contribution >= 4 is 72.8 Å². The molecule has 1 atom stereocenters. The van der Waals surface area contributed by atoms with Crippen LogP contribution in [0.5, 0.6) is 5.75 Å². The van der Waals surface area contributed by atoms with Crippen LogP contribution in [0, 0.1) is 18.8 Å². The van der Waals surface area contributed by atoms with Crippen LogP contribution in [0.15, 0.2) is 91.0 Å². The van der Waals surface area contributed by atoms with E-state index in [9.17, 15) is 24.3 Å². The summed E-state index contributed by atoms with van der Waals surface area (Å²) in [6.45, 7) is 5.12. The third-order valence-corrected chi connectivity index (χ3v) is 16.7. The maximum atomic E-state index is 13.7. The second kappa shape index (κ2) is 20.2. The van der Waals surface area contributed by atoms with Crippen LogP contribution in [0.3, 0.4) is 0 Å². The Labute approximate surface area is 422 Å². The first-order valence-electron chi connectivity index (χ1n) is 25.6. The minimum atomic E-state index is -1.10. The Hall–Kier alpha value is -7.13. The summed E-state index contributed by atoms with van der Waals surface area (Å²) < 4.78 is 9.56. The number of para-hydroxylation sites is 1. The topological polar surface area (TPSA) is 172 Å². The first-order chi connectivity index (χ1) is 35.0. The number of carbonyl (C=O) groups is 4. The second-order valence-electron chi connectivity index (χ2n) is 20.2. The fraction of sp³-hybridized carbons (Fsp3) is 0.386. The first-order valence-corrected chi connectivity index (χ1v) is 26.4. The molecule has 370 valence electrons. The molecule has 4 aliphatic rings. The Morgan fingerprint density at radius 3 is 2.40 bits per heavy atom. The molecule has 72 heavy (non-hydrogen) atoms. The highest BCUT2D eigenvalue weighted by Gasteiger charge is 2.33. The standard InChI is InChI=1S/C57H60N8O6S/c1-34-40(41-22-24-50(59-53(41)56(69)70)65-31-28-37-10-6-12-42(45(37)33-65)54(67)61-57-58-46-13-3-4-15-49(46)72-57)11-7-14-48(34)71-39-19-16-35(17-20-39)8-5-9-36-26-29-64(30-27-36)38-18-21-43-47(32-38)63(2)62-52(43)44-23-25-51(66)60-55(44)68/h3-4,6-7,10-15,18,21-22,24,32,35-36,39,44H,5,8-9,16-17,19-20,23,25-31,33H2,1-2H3,(H,69,70)(H,58,61,67)(H,60,66,68)/t35-,39+,44?. The molecule has 7 aromatic rings. The SMILES string of the molecule is Cc1c(O[C@H]2CC[C@@H](CCCC3CCN(c4ccc5c(C6CCC(=O)NC6=O)nn(C)c5c4)CC3)CC2)cccc1-c1ccc(N2CCc3cccc(C(=O)Nc4nc5ccccc5s4)c3C2)nc1C(=O)O. The summed E-state index contributed by atoms with van der Waals surface area (Å²) in [5.74, 6) is 0.577. The molecule has 3 amide bonds. The zero-order chi connectivity index (χ0) is 49.5. The summed E-state index contributed by atoms with van der Waals surface area (Å²) in [6.07, 6.45) is 12.1. The fourth-order valence-corrected chi connectivity index (χ4v) is 12.6. The Balaban J connectivity index is 0.664. The van der Waals surface area contributed by atoms with Crippen LogP contribution < -0.4 is 25.2 Å². The molecule has 3 aliphatic heterocycles. The van der Waals surface area contributed by atoms with Crippen LogP contribution in [0.4, 0.5) is 16.6 Å². The van der Waals surface area contributed by atoms with E-state index in [0.717, 1.165) is 99.5 Å². The van der Waals surface area contributed by atoms with Crippen molar-refractivity contribution < 1.29 is 29.0 Å². The molecule has 4 aromatic carbocycles. The minimum absolute atomic E-state index is 0.0161. The Bertz CT molecular complexity index is 3190. The summed E-state index contributed by atoms with van der Waals surface area (Å²) in [5.41, 5.74) is 8.57. The van der Waals surface area contributed by atoms with E-state index in [-0.39, 0.29) is 29.5 Å². The van der Waals surface area contributed by atoms with Gasteiger partial charge in [-0.25, -0.2) is 14.8 Å². The number of aromatic nitrogens is 4. The van der Waals surface area contributed by atoms with Crippen LogP contribution in [-0.2, 0) is 29.6 Å². The molecule has 0 bridgehead atoms. The molecule has 3 fully saturated rings. The molecule has 0 radical (unpaired) electrons.